The quantitative estimate of drug-likeness (QED) is 0.653. The van der Waals surface area contributed by atoms with Crippen LogP contribution in [0.3, 0.4) is 0 Å². The lowest BCUT2D eigenvalue weighted by Gasteiger charge is -2.04. The average Bonchev–Trinajstić information content (AvgIpc) is 2.54. The van der Waals surface area contributed by atoms with Crippen molar-refractivity contribution in [2.75, 3.05) is 6.67 Å². The number of nitrogens with zero attached hydrogens (tertiary/aromatic N) is 2. The first-order valence-corrected chi connectivity index (χ1v) is 7.81. The predicted molar refractivity (Wildman–Crippen MR) is 85.0 cm³/mol. The SMILES string of the molecule is CCCCCc1ccc(-c2ccc(CCCF)cc2)nn1. The fourth-order valence-electron chi connectivity index (χ4n) is 2.32. The molecule has 0 saturated carbocycles. The number of alkyl halides is 1. The maximum atomic E-state index is 12.2. The van der Waals surface area contributed by atoms with Gasteiger partial charge in [-0.25, -0.2) is 0 Å². The van der Waals surface area contributed by atoms with Crippen molar-refractivity contribution in [1.29, 1.82) is 0 Å². The Morgan fingerprint density at radius 2 is 1.67 bits per heavy atom. The molecule has 0 N–H and O–H groups in total. The van der Waals surface area contributed by atoms with Gasteiger partial charge < -0.3 is 0 Å². The molecular formula is C18H23FN2. The highest BCUT2D eigenvalue weighted by atomic mass is 19.1. The maximum absolute atomic E-state index is 12.2. The summed E-state index contributed by atoms with van der Waals surface area (Å²) >= 11 is 0. The second-order valence-corrected chi connectivity index (χ2v) is 5.36. The fraction of sp³-hybridized carbons (Fsp3) is 0.444. The molecular weight excluding hydrogens is 263 g/mol. The minimum atomic E-state index is -0.257. The highest BCUT2D eigenvalue weighted by Gasteiger charge is 2.02. The van der Waals surface area contributed by atoms with Gasteiger partial charge in [-0.1, -0.05) is 44.0 Å². The van der Waals surface area contributed by atoms with Crippen molar-refractivity contribution >= 4 is 0 Å². The highest BCUT2D eigenvalue weighted by Crippen LogP contribution is 2.18. The standard InChI is InChI=1S/C18H23FN2/c1-2-3-4-7-17-12-13-18(21-20-17)16-10-8-15(9-11-16)6-5-14-19/h8-13H,2-7,14H2,1H3. The molecule has 3 heteroatoms. The van der Waals surface area contributed by atoms with Crippen molar-refractivity contribution in [3.05, 3.63) is 47.7 Å². The van der Waals surface area contributed by atoms with Crippen LogP contribution in [0.15, 0.2) is 36.4 Å². The molecule has 112 valence electrons. The molecule has 1 aromatic heterocycles. The second kappa shape index (κ2) is 8.50. The molecule has 0 radical (unpaired) electrons. The third-order valence-electron chi connectivity index (χ3n) is 3.61. The van der Waals surface area contributed by atoms with Crippen molar-refractivity contribution in [2.45, 2.75) is 45.4 Å². The van der Waals surface area contributed by atoms with Gasteiger partial charge >= 0.3 is 0 Å². The number of aryl methyl sites for hydroxylation is 2. The monoisotopic (exact) mass is 286 g/mol. The Balaban J connectivity index is 1.97. The van der Waals surface area contributed by atoms with E-state index in [-0.39, 0.29) is 6.67 Å². The second-order valence-electron chi connectivity index (χ2n) is 5.36. The van der Waals surface area contributed by atoms with Gasteiger partial charge in [-0.15, -0.1) is 0 Å². The molecule has 0 atom stereocenters. The molecule has 21 heavy (non-hydrogen) atoms. The van der Waals surface area contributed by atoms with Crippen LogP contribution in [0.25, 0.3) is 11.3 Å². The molecule has 0 aliphatic heterocycles. The summed E-state index contributed by atoms with van der Waals surface area (Å²) in [6, 6.07) is 12.3. The van der Waals surface area contributed by atoms with E-state index >= 15 is 0 Å². The van der Waals surface area contributed by atoms with Gasteiger partial charge in [0.1, 0.15) is 0 Å². The summed E-state index contributed by atoms with van der Waals surface area (Å²) in [5, 5.41) is 8.61. The van der Waals surface area contributed by atoms with E-state index in [1.807, 2.05) is 30.3 Å². The summed E-state index contributed by atoms with van der Waals surface area (Å²) in [6.45, 7) is 1.94. The van der Waals surface area contributed by atoms with E-state index in [0.29, 0.717) is 6.42 Å². The minimum absolute atomic E-state index is 0.257. The summed E-state index contributed by atoms with van der Waals surface area (Å²) in [6.07, 6.45) is 6.02. The third kappa shape index (κ3) is 4.92. The van der Waals surface area contributed by atoms with E-state index in [2.05, 4.69) is 23.2 Å². The zero-order chi connectivity index (χ0) is 14.9. The smallest absolute Gasteiger partial charge is 0.0929 e. The number of unbranched alkanes of at least 4 members (excludes halogenated alkanes) is 2. The van der Waals surface area contributed by atoms with Gasteiger partial charge in [0, 0.05) is 5.56 Å². The summed E-state index contributed by atoms with van der Waals surface area (Å²) in [4.78, 5) is 0. The molecule has 0 fully saturated rings. The summed E-state index contributed by atoms with van der Waals surface area (Å²) < 4.78 is 12.2. The Hall–Kier alpha value is -1.77. The number of hydrogen-bond donors (Lipinski definition) is 0. The summed E-state index contributed by atoms with van der Waals surface area (Å²) in [5.41, 5.74) is 4.19. The van der Waals surface area contributed by atoms with Crippen molar-refractivity contribution in [3.63, 3.8) is 0 Å². The van der Waals surface area contributed by atoms with Crippen molar-refractivity contribution in [1.82, 2.24) is 10.2 Å². The van der Waals surface area contributed by atoms with Gasteiger partial charge in [-0.2, -0.15) is 10.2 Å². The van der Waals surface area contributed by atoms with Gasteiger partial charge in [-0.3, -0.25) is 4.39 Å². The van der Waals surface area contributed by atoms with E-state index in [1.54, 1.807) is 0 Å². The number of rotatable bonds is 8. The zero-order valence-corrected chi connectivity index (χ0v) is 12.7. The Bertz CT molecular complexity index is 520. The molecule has 2 nitrogen and oxygen atoms in total. The maximum Gasteiger partial charge on any atom is 0.0929 e. The van der Waals surface area contributed by atoms with Gasteiger partial charge in [0.25, 0.3) is 0 Å². The van der Waals surface area contributed by atoms with E-state index in [4.69, 9.17) is 0 Å². The largest absolute Gasteiger partial charge is 0.251 e. The first kappa shape index (κ1) is 15.6. The van der Waals surface area contributed by atoms with Crippen LogP contribution in [0.4, 0.5) is 4.39 Å². The van der Waals surface area contributed by atoms with Gasteiger partial charge in [-0.05, 0) is 43.4 Å². The van der Waals surface area contributed by atoms with Crippen LogP contribution in [0.1, 0.15) is 43.9 Å². The molecule has 2 rings (SSSR count). The minimum Gasteiger partial charge on any atom is -0.251 e. The predicted octanol–water partition coefficient (Wildman–Crippen LogP) is 4.78. The molecule has 1 aromatic carbocycles. The van der Waals surface area contributed by atoms with Crippen LogP contribution < -0.4 is 0 Å². The molecule has 0 aliphatic rings. The van der Waals surface area contributed by atoms with Crippen LogP contribution in [0, 0.1) is 0 Å². The van der Waals surface area contributed by atoms with Crippen molar-refractivity contribution in [2.24, 2.45) is 0 Å². The van der Waals surface area contributed by atoms with Crippen LogP contribution >= 0.6 is 0 Å². The van der Waals surface area contributed by atoms with E-state index < -0.39 is 0 Å². The number of hydrogen-bond acceptors (Lipinski definition) is 2. The Labute approximate surface area is 126 Å². The van der Waals surface area contributed by atoms with Crippen LogP contribution in [-0.2, 0) is 12.8 Å². The third-order valence-corrected chi connectivity index (χ3v) is 3.61. The summed E-state index contributed by atoms with van der Waals surface area (Å²) in [5.74, 6) is 0. The van der Waals surface area contributed by atoms with Crippen molar-refractivity contribution < 1.29 is 4.39 Å². The molecule has 0 spiro atoms. The zero-order valence-electron chi connectivity index (χ0n) is 12.7. The van der Waals surface area contributed by atoms with Gasteiger partial charge in [0.2, 0.25) is 0 Å². The van der Waals surface area contributed by atoms with E-state index in [1.165, 1.54) is 24.8 Å². The Morgan fingerprint density at radius 3 is 2.29 bits per heavy atom. The fourth-order valence-corrected chi connectivity index (χ4v) is 2.32. The Kier molecular flexibility index (Phi) is 6.32. The van der Waals surface area contributed by atoms with Gasteiger partial charge in [0.15, 0.2) is 0 Å². The molecule has 0 amide bonds. The Morgan fingerprint density at radius 1 is 0.857 bits per heavy atom. The number of aromatic nitrogens is 2. The highest BCUT2D eigenvalue weighted by molar-refractivity contribution is 5.58. The van der Waals surface area contributed by atoms with E-state index in [9.17, 15) is 4.39 Å². The van der Waals surface area contributed by atoms with Crippen LogP contribution in [0.2, 0.25) is 0 Å². The number of benzene rings is 1. The topological polar surface area (TPSA) is 25.8 Å². The lowest BCUT2D eigenvalue weighted by atomic mass is 10.1. The van der Waals surface area contributed by atoms with Crippen molar-refractivity contribution in [3.8, 4) is 11.3 Å². The van der Waals surface area contributed by atoms with Crippen LogP contribution in [-0.4, -0.2) is 16.9 Å². The average molecular weight is 286 g/mol. The first-order valence-electron chi connectivity index (χ1n) is 7.81. The van der Waals surface area contributed by atoms with E-state index in [0.717, 1.165) is 29.8 Å². The molecule has 0 aliphatic carbocycles. The van der Waals surface area contributed by atoms with Crippen LogP contribution in [0.5, 0.6) is 0 Å². The summed E-state index contributed by atoms with van der Waals surface area (Å²) in [7, 11) is 0. The van der Waals surface area contributed by atoms with Gasteiger partial charge in [0.05, 0.1) is 18.1 Å². The molecule has 0 saturated heterocycles. The lowest BCUT2D eigenvalue weighted by molar-refractivity contribution is 0.473. The molecule has 0 bridgehead atoms. The molecule has 0 unspecified atom stereocenters. The lowest BCUT2D eigenvalue weighted by Crippen LogP contribution is -1.95. The molecule has 2 aromatic rings. The first-order chi connectivity index (χ1) is 10.3. The molecule has 1 heterocycles. The normalized spacial score (nSPS) is 10.8. The number of halogens is 1.